The highest BCUT2D eigenvalue weighted by atomic mass is 32.1. The van der Waals surface area contributed by atoms with Crippen LogP contribution in [0.4, 0.5) is 0 Å². The highest BCUT2D eigenvalue weighted by molar-refractivity contribution is 7.13. The van der Waals surface area contributed by atoms with Crippen molar-refractivity contribution in [1.29, 1.82) is 0 Å². The van der Waals surface area contributed by atoms with Crippen LogP contribution in [0.15, 0.2) is 49.0 Å². The SMILES string of the molecule is C=Cc1ccc([C@]2(c3nnc4n3CCCCCC4)C[C@H](OC(=O)c3ccccc3)C2)s1. The van der Waals surface area contributed by atoms with E-state index in [1.807, 2.05) is 24.3 Å². The third-order valence-electron chi connectivity index (χ3n) is 6.52. The molecule has 0 spiro atoms. The quantitative estimate of drug-likeness (QED) is 0.505. The Morgan fingerprint density at radius 2 is 1.90 bits per heavy atom. The van der Waals surface area contributed by atoms with Crippen molar-refractivity contribution in [3.8, 4) is 0 Å². The number of aryl methyl sites for hydroxylation is 1. The van der Waals surface area contributed by atoms with E-state index in [-0.39, 0.29) is 17.5 Å². The molecular weight excluding hydrogens is 406 g/mol. The zero-order chi connectivity index (χ0) is 21.3. The van der Waals surface area contributed by atoms with Crippen molar-refractivity contribution in [1.82, 2.24) is 14.8 Å². The fraction of sp³-hybridized carbons (Fsp3) is 0.400. The van der Waals surface area contributed by atoms with E-state index in [0.29, 0.717) is 5.56 Å². The summed E-state index contributed by atoms with van der Waals surface area (Å²) in [7, 11) is 0. The van der Waals surface area contributed by atoms with Crippen LogP contribution in [0.2, 0.25) is 0 Å². The highest BCUT2D eigenvalue weighted by Crippen LogP contribution is 2.52. The Hall–Kier alpha value is -2.73. The number of aromatic nitrogens is 3. The maximum absolute atomic E-state index is 12.6. The smallest absolute Gasteiger partial charge is 0.338 e. The van der Waals surface area contributed by atoms with E-state index in [2.05, 4.69) is 28.4 Å². The van der Waals surface area contributed by atoms with Crippen LogP contribution in [0, 0.1) is 0 Å². The number of carbonyl (C=O) groups excluding carboxylic acids is 1. The molecule has 1 saturated carbocycles. The molecule has 2 aliphatic rings. The molecule has 0 N–H and O–H groups in total. The van der Waals surface area contributed by atoms with Crippen molar-refractivity contribution in [2.45, 2.75) is 63.0 Å². The van der Waals surface area contributed by atoms with Crippen molar-refractivity contribution >= 4 is 23.4 Å². The second-order valence-electron chi connectivity index (χ2n) is 8.55. The zero-order valence-corrected chi connectivity index (χ0v) is 18.4. The van der Waals surface area contributed by atoms with E-state index in [1.165, 1.54) is 24.1 Å². The molecule has 5 rings (SSSR count). The molecule has 0 amide bonds. The van der Waals surface area contributed by atoms with Crippen LogP contribution in [0.25, 0.3) is 6.08 Å². The zero-order valence-electron chi connectivity index (χ0n) is 17.6. The highest BCUT2D eigenvalue weighted by Gasteiger charge is 2.53. The number of nitrogens with zero attached hydrogens (tertiary/aromatic N) is 3. The summed E-state index contributed by atoms with van der Waals surface area (Å²) in [6, 6.07) is 13.5. The van der Waals surface area contributed by atoms with Crippen molar-refractivity contribution in [2.24, 2.45) is 0 Å². The van der Waals surface area contributed by atoms with Gasteiger partial charge in [0, 0.05) is 35.6 Å². The summed E-state index contributed by atoms with van der Waals surface area (Å²) in [5, 5.41) is 9.29. The summed E-state index contributed by atoms with van der Waals surface area (Å²) in [5.74, 6) is 1.88. The predicted molar refractivity (Wildman–Crippen MR) is 122 cm³/mol. The van der Waals surface area contributed by atoms with E-state index in [9.17, 15) is 4.79 Å². The molecular formula is C25H27N3O2S. The number of rotatable bonds is 5. The lowest BCUT2D eigenvalue weighted by molar-refractivity contribution is -0.0153. The van der Waals surface area contributed by atoms with Gasteiger partial charge in [0.2, 0.25) is 0 Å². The summed E-state index contributed by atoms with van der Waals surface area (Å²) in [6.45, 7) is 4.89. The molecule has 0 atom stereocenters. The molecule has 31 heavy (non-hydrogen) atoms. The molecule has 5 nitrogen and oxygen atoms in total. The Kier molecular flexibility index (Phi) is 5.48. The van der Waals surface area contributed by atoms with E-state index in [4.69, 9.17) is 9.84 Å². The second-order valence-corrected chi connectivity index (χ2v) is 9.66. The number of esters is 1. The molecule has 3 heterocycles. The number of thiophene rings is 1. The minimum Gasteiger partial charge on any atom is -0.459 e. The van der Waals surface area contributed by atoms with Gasteiger partial charge in [-0.3, -0.25) is 0 Å². The standard InChI is InChI=1S/C25H27N3O2S/c1-2-20-13-14-21(31-20)25(24-27-26-22-12-8-3-4-9-15-28(22)24)16-19(17-25)30-23(29)18-10-6-5-7-11-18/h2,5-7,10-11,13-14,19H,1,3-4,8-9,12,15-17H2/t19-,25-. The number of ether oxygens (including phenoxy) is 1. The molecule has 0 radical (unpaired) electrons. The Bertz CT molecular complexity index is 1080. The van der Waals surface area contributed by atoms with Crippen LogP contribution in [0.3, 0.4) is 0 Å². The molecule has 1 fully saturated rings. The fourth-order valence-corrected chi connectivity index (χ4v) is 5.89. The fourth-order valence-electron chi connectivity index (χ4n) is 4.82. The summed E-state index contributed by atoms with van der Waals surface area (Å²) in [4.78, 5) is 15.0. The monoisotopic (exact) mass is 433 g/mol. The third kappa shape index (κ3) is 3.74. The molecule has 1 aromatic carbocycles. The van der Waals surface area contributed by atoms with Crippen molar-refractivity contribution in [3.05, 3.63) is 76.0 Å². The largest absolute Gasteiger partial charge is 0.459 e. The molecule has 0 unspecified atom stereocenters. The summed E-state index contributed by atoms with van der Waals surface area (Å²) >= 11 is 1.75. The Balaban J connectivity index is 1.44. The van der Waals surface area contributed by atoms with E-state index >= 15 is 0 Å². The predicted octanol–water partition coefficient (Wildman–Crippen LogP) is 5.40. The molecule has 3 aromatic rings. The van der Waals surface area contributed by atoms with Gasteiger partial charge < -0.3 is 9.30 Å². The van der Waals surface area contributed by atoms with Crippen LogP contribution in [-0.4, -0.2) is 26.8 Å². The number of carbonyl (C=O) groups is 1. The maximum atomic E-state index is 12.6. The Morgan fingerprint density at radius 1 is 1.10 bits per heavy atom. The average Bonchev–Trinajstić information content (AvgIpc) is 3.38. The first-order chi connectivity index (χ1) is 15.2. The van der Waals surface area contributed by atoms with Crippen LogP contribution in [-0.2, 0) is 23.1 Å². The van der Waals surface area contributed by atoms with Gasteiger partial charge in [-0.25, -0.2) is 4.79 Å². The lowest BCUT2D eigenvalue weighted by atomic mass is 9.65. The minimum atomic E-state index is -0.256. The topological polar surface area (TPSA) is 57.0 Å². The lowest BCUT2D eigenvalue weighted by Gasteiger charge is -2.45. The second kappa shape index (κ2) is 8.42. The third-order valence-corrected chi connectivity index (χ3v) is 7.81. The molecule has 0 saturated heterocycles. The number of benzene rings is 1. The van der Waals surface area contributed by atoms with Crippen molar-refractivity contribution in [3.63, 3.8) is 0 Å². The molecule has 0 bridgehead atoms. The Morgan fingerprint density at radius 3 is 2.68 bits per heavy atom. The molecule has 6 heteroatoms. The van der Waals surface area contributed by atoms with Gasteiger partial charge in [0.25, 0.3) is 0 Å². The first-order valence-electron chi connectivity index (χ1n) is 11.1. The maximum Gasteiger partial charge on any atom is 0.338 e. The van der Waals surface area contributed by atoms with Gasteiger partial charge in [-0.05, 0) is 37.1 Å². The van der Waals surface area contributed by atoms with Crippen LogP contribution < -0.4 is 0 Å². The molecule has 1 aliphatic heterocycles. The summed E-state index contributed by atoms with van der Waals surface area (Å²) < 4.78 is 8.21. The van der Waals surface area contributed by atoms with Gasteiger partial charge in [0.1, 0.15) is 17.8 Å². The first kappa shape index (κ1) is 20.2. The summed E-state index contributed by atoms with van der Waals surface area (Å²) in [6.07, 6.45) is 9.06. The van der Waals surface area contributed by atoms with Crippen LogP contribution in [0.5, 0.6) is 0 Å². The molecule has 1 aliphatic carbocycles. The molecule has 2 aromatic heterocycles. The minimum absolute atomic E-state index is 0.122. The normalized spacial score (nSPS) is 23.2. The van der Waals surface area contributed by atoms with E-state index in [0.717, 1.165) is 48.8 Å². The van der Waals surface area contributed by atoms with Crippen molar-refractivity contribution in [2.75, 3.05) is 0 Å². The van der Waals surface area contributed by atoms with E-state index in [1.54, 1.807) is 23.5 Å². The van der Waals surface area contributed by atoms with Crippen LogP contribution in [0.1, 0.15) is 70.3 Å². The van der Waals surface area contributed by atoms with Gasteiger partial charge in [-0.2, -0.15) is 0 Å². The van der Waals surface area contributed by atoms with Gasteiger partial charge in [0.15, 0.2) is 0 Å². The van der Waals surface area contributed by atoms with Crippen LogP contribution >= 0.6 is 11.3 Å². The lowest BCUT2D eigenvalue weighted by Crippen LogP contribution is -2.49. The number of hydrogen-bond donors (Lipinski definition) is 0. The first-order valence-corrected chi connectivity index (χ1v) is 11.9. The Labute approximate surface area is 186 Å². The average molecular weight is 434 g/mol. The molecule has 160 valence electrons. The number of fused-ring (bicyclic) bond motifs is 1. The van der Waals surface area contributed by atoms with Crippen molar-refractivity contribution < 1.29 is 9.53 Å². The van der Waals surface area contributed by atoms with Gasteiger partial charge >= 0.3 is 5.97 Å². The van der Waals surface area contributed by atoms with E-state index < -0.39 is 0 Å². The van der Waals surface area contributed by atoms with Gasteiger partial charge in [-0.15, -0.1) is 21.5 Å². The summed E-state index contributed by atoms with van der Waals surface area (Å²) in [5.41, 5.74) is 0.343. The van der Waals surface area contributed by atoms with Gasteiger partial charge in [0.05, 0.1) is 11.0 Å². The van der Waals surface area contributed by atoms with Gasteiger partial charge in [-0.1, -0.05) is 43.7 Å². The number of hydrogen-bond acceptors (Lipinski definition) is 5.